The smallest absolute Gasteiger partial charge is 0.337 e. The molecule has 9 nitrogen and oxygen atoms in total. The van der Waals surface area contributed by atoms with E-state index in [1.165, 1.54) is 7.11 Å². The first kappa shape index (κ1) is 19.6. The van der Waals surface area contributed by atoms with Crippen molar-refractivity contribution in [2.75, 3.05) is 30.6 Å². The van der Waals surface area contributed by atoms with Gasteiger partial charge in [-0.15, -0.1) is 0 Å². The lowest BCUT2D eigenvalue weighted by Gasteiger charge is -2.10. The minimum atomic E-state index is -0.410. The van der Waals surface area contributed by atoms with E-state index in [9.17, 15) is 4.79 Å². The molecular weight excluding hydrogens is 372 g/mol. The Hall–Kier alpha value is -4.14. The van der Waals surface area contributed by atoms with Crippen LogP contribution in [0.5, 0.6) is 0 Å². The zero-order valence-electron chi connectivity index (χ0n) is 16.0. The van der Waals surface area contributed by atoms with E-state index in [1.54, 1.807) is 31.4 Å². The van der Waals surface area contributed by atoms with Crippen LogP contribution in [0.15, 0.2) is 55.1 Å². The number of nitrogens with zero attached hydrogens (tertiary/aromatic N) is 3. The molecule has 0 saturated heterocycles. The fourth-order valence-corrected chi connectivity index (χ4v) is 2.43. The highest BCUT2D eigenvalue weighted by Crippen LogP contribution is 2.20. The van der Waals surface area contributed by atoms with E-state index in [0.717, 1.165) is 11.3 Å². The van der Waals surface area contributed by atoms with Gasteiger partial charge in [0.05, 0.1) is 19.8 Å². The number of hydrogen-bond acceptors (Lipinski definition) is 9. The number of esters is 1. The Morgan fingerprint density at radius 1 is 0.828 bits per heavy atom. The van der Waals surface area contributed by atoms with Crippen LogP contribution in [0.25, 0.3) is 5.76 Å². The van der Waals surface area contributed by atoms with Gasteiger partial charge in [-0.1, -0.05) is 6.58 Å². The normalized spacial score (nSPS) is 10.1. The fourth-order valence-electron chi connectivity index (χ4n) is 2.43. The number of hydrogen-bond donors (Lipinski definition) is 3. The quantitative estimate of drug-likeness (QED) is 0.410. The van der Waals surface area contributed by atoms with E-state index in [1.807, 2.05) is 24.3 Å². The summed E-state index contributed by atoms with van der Waals surface area (Å²) in [6, 6.07) is 14.1. The lowest BCUT2D eigenvalue weighted by atomic mass is 10.2. The van der Waals surface area contributed by atoms with Crippen LogP contribution >= 0.6 is 0 Å². The Bertz CT molecular complexity index is 940. The van der Waals surface area contributed by atoms with Crippen LogP contribution in [0.3, 0.4) is 0 Å². The van der Waals surface area contributed by atoms with E-state index >= 15 is 0 Å². The Morgan fingerprint density at radius 2 is 1.31 bits per heavy atom. The summed E-state index contributed by atoms with van der Waals surface area (Å²) in [6.07, 6.45) is 0. The van der Waals surface area contributed by atoms with Crippen molar-refractivity contribution in [3.05, 3.63) is 66.2 Å². The van der Waals surface area contributed by atoms with Gasteiger partial charge in [0.15, 0.2) is 0 Å². The third kappa shape index (κ3) is 4.98. The number of nitrogens with one attached hydrogen (secondary N) is 2. The average Bonchev–Trinajstić information content (AvgIpc) is 2.73. The lowest BCUT2D eigenvalue weighted by molar-refractivity contribution is 0.0601. The summed E-state index contributed by atoms with van der Waals surface area (Å²) >= 11 is 0. The van der Waals surface area contributed by atoms with E-state index in [-0.39, 0.29) is 17.8 Å². The fraction of sp³-hybridized carbons (Fsp3) is 0.100. The highest BCUT2D eigenvalue weighted by atomic mass is 16.5. The minimum Gasteiger partial charge on any atom is -0.497 e. The number of anilines is 5. The number of aromatic nitrogens is 3. The van der Waals surface area contributed by atoms with Crippen molar-refractivity contribution in [3.8, 4) is 0 Å². The molecule has 148 valence electrons. The second-order valence-corrected chi connectivity index (χ2v) is 5.86. The van der Waals surface area contributed by atoms with Crippen molar-refractivity contribution >= 4 is 40.9 Å². The molecule has 0 aliphatic rings. The van der Waals surface area contributed by atoms with E-state index in [4.69, 9.17) is 10.5 Å². The zero-order chi connectivity index (χ0) is 20.8. The molecule has 0 atom stereocenters. The maximum absolute atomic E-state index is 11.5. The van der Waals surface area contributed by atoms with E-state index in [2.05, 4.69) is 36.9 Å². The van der Waals surface area contributed by atoms with Crippen LogP contribution in [0.2, 0.25) is 0 Å². The van der Waals surface area contributed by atoms with Crippen LogP contribution in [0.1, 0.15) is 15.9 Å². The van der Waals surface area contributed by atoms with Crippen molar-refractivity contribution < 1.29 is 14.3 Å². The first-order valence-corrected chi connectivity index (χ1v) is 8.56. The first-order valence-electron chi connectivity index (χ1n) is 8.56. The molecule has 3 rings (SSSR count). The molecule has 1 heterocycles. The molecule has 0 saturated carbocycles. The highest BCUT2D eigenvalue weighted by Gasteiger charge is 2.08. The first-order chi connectivity index (χ1) is 14.0. The number of methoxy groups -OCH3 is 2. The molecule has 2 aromatic carbocycles. The van der Waals surface area contributed by atoms with Gasteiger partial charge in [0.2, 0.25) is 17.8 Å². The second kappa shape index (κ2) is 8.70. The summed E-state index contributed by atoms with van der Waals surface area (Å²) in [4.78, 5) is 24.0. The average molecular weight is 392 g/mol. The number of nitrogen functional groups attached to an aromatic ring is 1. The molecule has 0 fully saturated rings. The van der Waals surface area contributed by atoms with Crippen LogP contribution in [0, 0.1) is 0 Å². The van der Waals surface area contributed by atoms with E-state index < -0.39 is 5.97 Å². The van der Waals surface area contributed by atoms with Crippen LogP contribution < -0.4 is 16.4 Å². The van der Waals surface area contributed by atoms with Crippen molar-refractivity contribution in [2.45, 2.75) is 0 Å². The summed E-state index contributed by atoms with van der Waals surface area (Å²) in [5.74, 6) is 0.762. The number of carbonyl (C=O) groups is 1. The molecule has 1 aromatic heterocycles. The number of ether oxygens (including phenoxy) is 2. The van der Waals surface area contributed by atoms with Gasteiger partial charge in [0, 0.05) is 16.9 Å². The summed E-state index contributed by atoms with van der Waals surface area (Å²) in [7, 11) is 2.90. The van der Waals surface area contributed by atoms with Gasteiger partial charge < -0.3 is 25.8 Å². The molecule has 0 spiro atoms. The van der Waals surface area contributed by atoms with E-state index in [0.29, 0.717) is 17.0 Å². The van der Waals surface area contributed by atoms with Gasteiger partial charge in [-0.2, -0.15) is 15.0 Å². The third-order valence-corrected chi connectivity index (χ3v) is 3.92. The standard InChI is InChI=1S/C20H20N6O3/c1-12(28-2)13-4-8-15(9-5-13)22-19-24-18(21)25-20(26-19)23-16-10-6-14(7-11-16)17(27)29-3/h4-11H,1H2,2-3H3,(H4,21,22,23,24,25,26). The minimum absolute atomic E-state index is 0.0561. The molecule has 9 heteroatoms. The van der Waals surface area contributed by atoms with Gasteiger partial charge in [0.1, 0.15) is 5.76 Å². The Labute approximate surface area is 167 Å². The monoisotopic (exact) mass is 392 g/mol. The van der Waals surface area contributed by atoms with Crippen molar-refractivity contribution in [2.24, 2.45) is 0 Å². The maximum atomic E-state index is 11.5. The predicted octanol–water partition coefficient (Wildman–Crippen LogP) is 3.34. The number of rotatable bonds is 7. The number of benzene rings is 2. The summed E-state index contributed by atoms with van der Waals surface area (Å²) < 4.78 is 9.79. The van der Waals surface area contributed by atoms with Crippen LogP contribution in [0.4, 0.5) is 29.2 Å². The molecule has 0 aliphatic heterocycles. The van der Waals surface area contributed by atoms with Crippen molar-refractivity contribution in [1.82, 2.24) is 15.0 Å². The van der Waals surface area contributed by atoms with Gasteiger partial charge in [-0.25, -0.2) is 4.79 Å². The molecule has 0 radical (unpaired) electrons. The van der Waals surface area contributed by atoms with Crippen LogP contribution in [-0.4, -0.2) is 35.1 Å². The molecule has 0 bridgehead atoms. The summed E-state index contributed by atoms with van der Waals surface area (Å²) in [5, 5.41) is 6.10. The summed E-state index contributed by atoms with van der Waals surface area (Å²) in [6.45, 7) is 3.81. The Balaban J connectivity index is 1.74. The summed E-state index contributed by atoms with van der Waals surface area (Å²) in [5.41, 5.74) is 8.54. The molecular formula is C20H20N6O3. The van der Waals surface area contributed by atoms with Crippen LogP contribution in [-0.2, 0) is 9.47 Å². The number of carbonyl (C=O) groups excluding carboxylic acids is 1. The van der Waals surface area contributed by atoms with Gasteiger partial charge in [0.25, 0.3) is 0 Å². The topological polar surface area (TPSA) is 124 Å². The maximum Gasteiger partial charge on any atom is 0.337 e. The molecule has 0 amide bonds. The Kier molecular flexibility index (Phi) is 5.88. The molecule has 0 aliphatic carbocycles. The van der Waals surface area contributed by atoms with Crippen molar-refractivity contribution in [1.29, 1.82) is 0 Å². The van der Waals surface area contributed by atoms with Gasteiger partial charge in [-0.3, -0.25) is 0 Å². The zero-order valence-corrected chi connectivity index (χ0v) is 16.0. The Morgan fingerprint density at radius 3 is 1.76 bits per heavy atom. The molecule has 4 N–H and O–H groups in total. The van der Waals surface area contributed by atoms with Crippen molar-refractivity contribution in [3.63, 3.8) is 0 Å². The largest absolute Gasteiger partial charge is 0.497 e. The predicted molar refractivity (Wildman–Crippen MR) is 111 cm³/mol. The second-order valence-electron chi connectivity index (χ2n) is 5.86. The number of nitrogens with two attached hydrogens (primary N) is 1. The van der Waals surface area contributed by atoms with Gasteiger partial charge >= 0.3 is 5.97 Å². The SMILES string of the molecule is C=C(OC)c1ccc(Nc2nc(N)nc(Nc3ccc(C(=O)OC)cc3)n2)cc1. The molecule has 3 aromatic rings. The van der Waals surface area contributed by atoms with Gasteiger partial charge in [-0.05, 0) is 48.5 Å². The molecule has 29 heavy (non-hydrogen) atoms. The third-order valence-electron chi connectivity index (χ3n) is 3.92. The molecule has 0 unspecified atom stereocenters. The lowest BCUT2D eigenvalue weighted by Crippen LogP contribution is -2.07. The highest BCUT2D eigenvalue weighted by molar-refractivity contribution is 5.89.